The zero-order chi connectivity index (χ0) is 15.7. The van der Waals surface area contributed by atoms with Gasteiger partial charge in [-0.3, -0.25) is 9.59 Å². The molecule has 0 bridgehead atoms. The average Bonchev–Trinajstić information content (AvgIpc) is 2.54. The highest BCUT2D eigenvalue weighted by atomic mass is 16.4. The fraction of sp³-hybridized carbons (Fsp3) is 0.222. The third-order valence-corrected chi connectivity index (χ3v) is 4.53. The summed E-state index contributed by atoms with van der Waals surface area (Å²) in [5.74, 6) is -2.48. The van der Waals surface area contributed by atoms with Crippen LogP contribution in [0.1, 0.15) is 35.4 Å². The minimum Gasteiger partial charge on any atom is -0.481 e. The number of aliphatic carboxylic acids is 2. The van der Waals surface area contributed by atoms with E-state index in [9.17, 15) is 19.8 Å². The van der Waals surface area contributed by atoms with Gasteiger partial charge in [0.2, 0.25) is 0 Å². The van der Waals surface area contributed by atoms with Gasteiger partial charge in [-0.15, -0.1) is 0 Å². The summed E-state index contributed by atoms with van der Waals surface area (Å²) in [4.78, 5) is 23.7. The lowest BCUT2D eigenvalue weighted by molar-refractivity contribution is -0.145. The van der Waals surface area contributed by atoms with Crippen LogP contribution in [0.15, 0.2) is 54.6 Å². The van der Waals surface area contributed by atoms with Gasteiger partial charge in [-0.05, 0) is 29.5 Å². The van der Waals surface area contributed by atoms with Gasteiger partial charge in [0.15, 0.2) is 0 Å². The molecule has 0 heterocycles. The van der Waals surface area contributed by atoms with Crippen LogP contribution in [0.4, 0.5) is 0 Å². The molecule has 1 aliphatic rings. The van der Waals surface area contributed by atoms with Crippen LogP contribution in [-0.2, 0) is 15.0 Å². The van der Waals surface area contributed by atoms with Crippen molar-refractivity contribution < 1.29 is 19.8 Å². The molecule has 0 aliphatic heterocycles. The van der Waals surface area contributed by atoms with E-state index in [4.69, 9.17) is 0 Å². The van der Waals surface area contributed by atoms with Crippen molar-refractivity contribution in [3.8, 4) is 0 Å². The number of hydrogen-bond donors (Lipinski definition) is 2. The number of rotatable bonds is 3. The van der Waals surface area contributed by atoms with Crippen LogP contribution in [-0.4, -0.2) is 22.2 Å². The summed E-state index contributed by atoms with van der Waals surface area (Å²) in [6, 6.07) is 16.1. The van der Waals surface area contributed by atoms with E-state index in [-0.39, 0.29) is 6.42 Å². The zero-order valence-corrected chi connectivity index (χ0v) is 11.9. The second-order valence-electron chi connectivity index (χ2n) is 5.59. The minimum atomic E-state index is -1.18. The van der Waals surface area contributed by atoms with Crippen LogP contribution in [0.2, 0.25) is 0 Å². The van der Waals surface area contributed by atoms with E-state index in [0.717, 1.165) is 0 Å². The highest BCUT2D eigenvalue weighted by molar-refractivity contribution is 5.89. The number of carboxylic acids is 2. The number of benzene rings is 2. The molecule has 2 aromatic carbocycles. The Morgan fingerprint density at radius 1 is 0.955 bits per heavy atom. The predicted octanol–water partition coefficient (Wildman–Crippen LogP) is 3.02. The Hall–Kier alpha value is -2.62. The maximum absolute atomic E-state index is 12.2. The van der Waals surface area contributed by atoms with Gasteiger partial charge < -0.3 is 10.2 Å². The SMILES string of the molecule is O=C(O)[C@H]1CC[C@@](C(=O)O)(c2ccccc2)c2ccccc21. The fourth-order valence-electron chi connectivity index (χ4n) is 3.47. The molecule has 1 aliphatic carbocycles. The van der Waals surface area contributed by atoms with Crippen LogP contribution in [0, 0.1) is 0 Å². The molecule has 0 fully saturated rings. The molecule has 4 heteroatoms. The van der Waals surface area contributed by atoms with Crippen molar-refractivity contribution in [1.29, 1.82) is 0 Å². The summed E-state index contributed by atoms with van der Waals surface area (Å²) in [5.41, 5.74) is 0.711. The van der Waals surface area contributed by atoms with Crippen LogP contribution < -0.4 is 0 Å². The van der Waals surface area contributed by atoms with E-state index < -0.39 is 23.3 Å². The largest absolute Gasteiger partial charge is 0.481 e. The van der Waals surface area contributed by atoms with E-state index in [1.807, 2.05) is 18.2 Å². The highest BCUT2D eigenvalue weighted by Gasteiger charge is 2.48. The first kappa shape index (κ1) is 14.3. The Balaban J connectivity index is 2.27. The van der Waals surface area contributed by atoms with Crippen molar-refractivity contribution >= 4 is 11.9 Å². The van der Waals surface area contributed by atoms with Gasteiger partial charge in [-0.2, -0.15) is 0 Å². The third kappa shape index (κ3) is 1.99. The van der Waals surface area contributed by atoms with Gasteiger partial charge in [0, 0.05) is 0 Å². The number of carboxylic acid groups (broad SMARTS) is 2. The lowest BCUT2D eigenvalue weighted by Crippen LogP contribution is -2.42. The van der Waals surface area contributed by atoms with Gasteiger partial charge in [0.05, 0.1) is 5.92 Å². The maximum atomic E-state index is 12.2. The molecule has 2 N–H and O–H groups in total. The molecule has 2 aromatic rings. The topological polar surface area (TPSA) is 74.6 Å². The first-order valence-corrected chi connectivity index (χ1v) is 7.18. The molecule has 0 aromatic heterocycles. The van der Waals surface area contributed by atoms with Crippen LogP contribution in [0.5, 0.6) is 0 Å². The Labute approximate surface area is 128 Å². The quantitative estimate of drug-likeness (QED) is 0.913. The van der Waals surface area contributed by atoms with Crippen LogP contribution >= 0.6 is 0 Å². The summed E-state index contributed by atoms with van der Waals surface area (Å²) in [7, 11) is 0. The molecular formula is C18H16O4. The van der Waals surface area contributed by atoms with Crippen molar-refractivity contribution in [3.63, 3.8) is 0 Å². The zero-order valence-electron chi connectivity index (χ0n) is 11.9. The van der Waals surface area contributed by atoms with Crippen LogP contribution in [0.3, 0.4) is 0 Å². The second kappa shape index (κ2) is 5.30. The molecule has 2 atom stereocenters. The van der Waals surface area contributed by atoms with E-state index in [1.165, 1.54) is 0 Å². The van der Waals surface area contributed by atoms with Crippen molar-refractivity contribution in [1.82, 2.24) is 0 Å². The molecule has 0 amide bonds. The molecule has 4 nitrogen and oxygen atoms in total. The smallest absolute Gasteiger partial charge is 0.318 e. The molecule has 22 heavy (non-hydrogen) atoms. The molecule has 0 saturated heterocycles. The first-order chi connectivity index (χ1) is 10.6. The van der Waals surface area contributed by atoms with Gasteiger partial charge in [-0.25, -0.2) is 0 Å². The Morgan fingerprint density at radius 2 is 1.59 bits per heavy atom. The molecule has 0 radical (unpaired) electrons. The lowest BCUT2D eigenvalue weighted by Gasteiger charge is -2.38. The Morgan fingerprint density at radius 3 is 2.23 bits per heavy atom. The monoisotopic (exact) mass is 296 g/mol. The minimum absolute atomic E-state index is 0.278. The Bertz CT molecular complexity index is 723. The van der Waals surface area contributed by atoms with Gasteiger partial charge in [0.1, 0.15) is 5.41 Å². The molecule has 0 saturated carbocycles. The summed E-state index contributed by atoms with van der Waals surface area (Å²) in [5, 5.41) is 19.4. The number of fused-ring (bicyclic) bond motifs is 1. The van der Waals surface area contributed by atoms with E-state index in [1.54, 1.807) is 36.4 Å². The lowest BCUT2D eigenvalue weighted by atomic mass is 9.63. The molecule has 0 unspecified atom stereocenters. The predicted molar refractivity (Wildman–Crippen MR) is 80.9 cm³/mol. The number of carbonyl (C=O) groups is 2. The third-order valence-electron chi connectivity index (χ3n) is 4.53. The van der Waals surface area contributed by atoms with Crippen molar-refractivity contribution in [3.05, 3.63) is 71.3 Å². The molecule has 0 spiro atoms. The summed E-state index contributed by atoms with van der Waals surface area (Å²) in [6.07, 6.45) is 0.591. The van der Waals surface area contributed by atoms with Gasteiger partial charge in [0.25, 0.3) is 0 Å². The summed E-state index contributed by atoms with van der Waals surface area (Å²) < 4.78 is 0. The normalized spacial score (nSPS) is 23.5. The number of hydrogen-bond acceptors (Lipinski definition) is 2. The fourth-order valence-corrected chi connectivity index (χ4v) is 3.47. The Kier molecular flexibility index (Phi) is 3.45. The van der Waals surface area contributed by atoms with Gasteiger partial charge in [-0.1, -0.05) is 54.6 Å². The maximum Gasteiger partial charge on any atom is 0.318 e. The van der Waals surface area contributed by atoms with E-state index >= 15 is 0 Å². The highest BCUT2D eigenvalue weighted by Crippen LogP contribution is 2.47. The van der Waals surface area contributed by atoms with Crippen molar-refractivity contribution in [2.45, 2.75) is 24.2 Å². The van der Waals surface area contributed by atoms with Gasteiger partial charge >= 0.3 is 11.9 Å². The van der Waals surface area contributed by atoms with Crippen molar-refractivity contribution in [2.75, 3.05) is 0 Å². The van der Waals surface area contributed by atoms with Crippen molar-refractivity contribution in [2.24, 2.45) is 0 Å². The molecular weight excluding hydrogens is 280 g/mol. The standard InChI is InChI=1S/C18H16O4/c19-16(20)14-10-11-18(17(21)22,12-6-2-1-3-7-12)15-9-5-4-8-13(14)15/h1-9,14H,10-11H2,(H,19,20)(H,21,22)/t14-,18+/m0/s1. The summed E-state index contributed by atoms with van der Waals surface area (Å²) >= 11 is 0. The van der Waals surface area contributed by atoms with E-state index in [2.05, 4.69) is 0 Å². The average molecular weight is 296 g/mol. The molecule has 112 valence electrons. The first-order valence-electron chi connectivity index (χ1n) is 7.18. The summed E-state index contributed by atoms with van der Waals surface area (Å²) in [6.45, 7) is 0. The van der Waals surface area contributed by atoms with Crippen LogP contribution in [0.25, 0.3) is 0 Å². The molecule has 3 rings (SSSR count). The van der Waals surface area contributed by atoms with E-state index in [0.29, 0.717) is 23.1 Å². The second-order valence-corrected chi connectivity index (χ2v) is 5.59.